The Labute approximate surface area is 730 Å². The fraction of sp³-hybridized carbons (Fsp3) is 0.0500. The van der Waals surface area contributed by atoms with Crippen molar-refractivity contribution in [1.29, 1.82) is 0 Å². The predicted molar refractivity (Wildman–Crippen MR) is 530 cm³/mol. The van der Waals surface area contributed by atoms with Crippen molar-refractivity contribution < 1.29 is 0 Å². The lowest BCUT2D eigenvalue weighted by atomic mass is 9.81. The van der Waals surface area contributed by atoms with Gasteiger partial charge in [0.25, 0.3) is 0 Å². The molecule has 6 nitrogen and oxygen atoms in total. The summed E-state index contributed by atoms with van der Waals surface area (Å²) in [6.45, 7) is 9.56. The molecular formula is C120H84N6. The number of benzene rings is 19. The van der Waals surface area contributed by atoms with E-state index in [0.717, 1.165) is 45.0 Å². The molecule has 24 aromatic rings. The van der Waals surface area contributed by atoms with Crippen molar-refractivity contribution in [2.45, 2.75) is 38.5 Å². The first-order valence-corrected chi connectivity index (χ1v) is 43.7. The van der Waals surface area contributed by atoms with Gasteiger partial charge >= 0.3 is 0 Å². The van der Waals surface area contributed by atoms with Crippen molar-refractivity contribution in [2.24, 2.45) is 0 Å². The maximum Gasteiger partial charge on any atom is 0.160 e. The number of fused-ring (bicyclic) bond motifs is 25. The van der Waals surface area contributed by atoms with Crippen LogP contribution in [0.4, 0.5) is 0 Å². The molecule has 2 aliphatic rings. The van der Waals surface area contributed by atoms with Crippen molar-refractivity contribution in [2.75, 3.05) is 0 Å². The zero-order valence-corrected chi connectivity index (χ0v) is 70.3. The zero-order chi connectivity index (χ0) is 83.9. The van der Waals surface area contributed by atoms with Gasteiger partial charge < -0.3 is 18.3 Å². The minimum atomic E-state index is -0.112. The summed E-state index contributed by atoms with van der Waals surface area (Å²) >= 11 is 0. The van der Waals surface area contributed by atoms with E-state index in [1.165, 1.54) is 181 Å². The Balaban J connectivity index is 0.000000106. The molecule has 0 fully saturated rings. The van der Waals surface area contributed by atoms with E-state index in [2.05, 4.69) is 446 Å². The average molecular weight is 1610 g/mol. The van der Waals surface area contributed by atoms with Crippen LogP contribution >= 0.6 is 0 Å². The second kappa shape index (κ2) is 29.4. The number of hydrogen-bond donors (Lipinski definition) is 0. The first-order valence-electron chi connectivity index (χ1n) is 43.7. The molecule has 0 radical (unpaired) electrons. The number of rotatable bonds is 9. The molecule has 19 aromatic carbocycles. The van der Waals surface area contributed by atoms with Crippen LogP contribution in [-0.2, 0) is 10.8 Å². The average Bonchev–Trinajstić information content (AvgIpc) is 1.53. The van der Waals surface area contributed by atoms with Gasteiger partial charge in [-0.2, -0.15) is 0 Å². The van der Waals surface area contributed by atoms with Crippen molar-refractivity contribution >= 4 is 109 Å². The second-order valence-electron chi connectivity index (χ2n) is 34.6. The molecule has 6 heteroatoms. The summed E-state index contributed by atoms with van der Waals surface area (Å²) in [5.41, 5.74) is 32.4. The molecule has 126 heavy (non-hydrogen) atoms. The first kappa shape index (κ1) is 73.9. The van der Waals surface area contributed by atoms with Crippen LogP contribution in [0.15, 0.2) is 437 Å². The Bertz CT molecular complexity index is 8340. The minimum Gasteiger partial charge on any atom is -0.309 e. The van der Waals surface area contributed by atoms with Crippen molar-refractivity contribution in [3.05, 3.63) is 459 Å². The number of para-hydroxylation sites is 3. The molecule has 0 bridgehead atoms. The standard InChI is InChI=1S/C42H28N4.C39H27N.C39H29N/c1-4-15-29(16-5-1)36-28-37(44-42(43-36)30-17-6-2-7-18-30)31-19-14-22-33(27-31)46-39-26-13-11-24-35(39)40-41(46)34-23-10-12-25-38(34)45(40)32-20-8-3-9-21-32;1-39(2)34-18-10-9-17-32(34)38-37(39)36-26-12-4-3-11-24(26)19-22-35(36)40(38)25-20-21-31-29-15-6-5-13-27(29)28-14-7-8-16-30(28)33(31)23-25;1-39(2)34-20-12-11-19-33(34)38-37(39)36-32-18-10-9-17-28(32)21-22-35(36)40(38)31-24-29(26-13-5-3-6-14-26)23-30(25-31)27-15-7-4-8-16-27/h1-28H;3-23H,1-2H3;3-25H,1-2H3. The first-order chi connectivity index (χ1) is 62.1. The molecule has 0 amide bonds. The normalized spacial score (nSPS) is 12.9. The molecule has 0 N–H and O–H groups in total. The summed E-state index contributed by atoms with van der Waals surface area (Å²) in [7, 11) is 0. The Morgan fingerprint density at radius 3 is 1.07 bits per heavy atom. The molecule has 0 aliphatic heterocycles. The van der Waals surface area contributed by atoms with Crippen LogP contribution in [0.25, 0.3) is 210 Å². The van der Waals surface area contributed by atoms with Gasteiger partial charge in [-0.25, -0.2) is 9.97 Å². The van der Waals surface area contributed by atoms with E-state index in [-0.39, 0.29) is 10.8 Å². The van der Waals surface area contributed by atoms with Gasteiger partial charge in [0.2, 0.25) is 0 Å². The molecule has 2 aliphatic carbocycles. The summed E-state index contributed by atoms with van der Waals surface area (Å²) in [4.78, 5) is 10.1. The Kier molecular flexibility index (Phi) is 17.2. The van der Waals surface area contributed by atoms with Crippen LogP contribution < -0.4 is 0 Å². The van der Waals surface area contributed by atoms with Gasteiger partial charge in [0.05, 0.1) is 55.9 Å². The molecule has 594 valence electrons. The predicted octanol–water partition coefficient (Wildman–Crippen LogP) is 31.5. The smallest absolute Gasteiger partial charge is 0.160 e. The highest BCUT2D eigenvalue weighted by Gasteiger charge is 2.43. The third kappa shape index (κ3) is 11.7. The third-order valence-electron chi connectivity index (χ3n) is 26.8. The van der Waals surface area contributed by atoms with Crippen LogP contribution in [-0.4, -0.2) is 28.2 Å². The topological polar surface area (TPSA) is 45.5 Å². The molecule has 0 atom stereocenters. The Morgan fingerprint density at radius 2 is 0.563 bits per heavy atom. The summed E-state index contributed by atoms with van der Waals surface area (Å²) < 4.78 is 9.88. The van der Waals surface area contributed by atoms with Crippen LogP contribution in [0.1, 0.15) is 49.9 Å². The van der Waals surface area contributed by atoms with Crippen LogP contribution in [0.3, 0.4) is 0 Å². The molecule has 0 saturated carbocycles. The third-order valence-corrected chi connectivity index (χ3v) is 26.8. The van der Waals surface area contributed by atoms with E-state index in [1.54, 1.807) is 0 Å². The van der Waals surface area contributed by atoms with Gasteiger partial charge in [-0.3, -0.25) is 0 Å². The zero-order valence-electron chi connectivity index (χ0n) is 70.3. The molecular weight excluding hydrogens is 1530 g/mol. The minimum absolute atomic E-state index is 0.0979. The summed E-state index contributed by atoms with van der Waals surface area (Å²) in [5, 5.41) is 18.2. The van der Waals surface area contributed by atoms with E-state index in [0.29, 0.717) is 5.82 Å². The van der Waals surface area contributed by atoms with Gasteiger partial charge in [0.1, 0.15) is 0 Å². The van der Waals surface area contributed by atoms with Crippen molar-refractivity contribution in [3.8, 4) is 101 Å². The van der Waals surface area contributed by atoms with Gasteiger partial charge in [-0.05, 0) is 183 Å². The lowest BCUT2D eigenvalue weighted by Gasteiger charge is -2.21. The highest BCUT2D eigenvalue weighted by molar-refractivity contribution is 6.26. The van der Waals surface area contributed by atoms with Gasteiger partial charge in [-0.1, -0.05) is 380 Å². The SMILES string of the molecule is CC1(C)c2ccccc2-c2c1c1c3ccccc3ccc1n2-c1cc(-c2ccccc2)cc(-c2ccccc2)c1.CC1(C)c2ccccc2-c2c1c1c3ccccc3ccc1n2-c1ccc2c3ccccc3c3ccccc3c2c1.c1ccc(-c2cc(-c3cccc(-n4c5ccccc5c5c4c4ccccc4n5-c4ccccc4)c3)nc(-c3ccccc3)n2)cc1. The van der Waals surface area contributed by atoms with Crippen LogP contribution in [0.5, 0.6) is 0 Å². The lowest BCUT2D eigenvalue weighted by molar-refractivity contribution is 0.666. The van der Waals surface area contributed by atoms with Crippen LogP contribution in [0.2, 0.25) is 0 Å². The van der Waals surface area contributed by atoms with Crippen molar-refractivity contribution in [3.63, 3.8) is 0 Å². The molecule has 26 rings (SSSR count). The monoisotopic (exact) mass is 1610 g/mol. The maximum atomic E-state index is 5.12. The van der Waals surface area contributed by atoms with Gasteiger partial charge in [0.15, 0.2) is 5.82 Å². The highest BCUT2D eigenvalue weighted by atomic mass is 15.1. The largest absolute Gasteiger partial charge is 0.309 e. The van der Waals surface area contributed by atoms with E-state index in [9.17, 15) is 0 Å². The summed E-state index contributed by atoms with van der Waals surface area (Å²) in [6.07, 6.45) is 0. The number of aromatic nitrogens is 6. The molecule has 0 unspecified atom stereocenters. The fourth-order valence-electron chi connectivity index (χ4n) is 21.2. The Morgan fingerprint density at radius 1 is 0.206 bits per heavy atom. The highest BCUT2D eigenvalue weighted by Crippen LogP contribution is 2.58. The van der Waals surface area contributed by atoms with E-state index >= 15 is 0 Å². The van der Waals surface area contributed by atoms with Crippen LogP contribution in [0, 0.1) is 0 Å². The summed E-state index contributed by atoms with van der Waals surface area (Å²) in [6, 6.07) is 158. The second-order valence-corrected chi connectivity index (χ2v) is 34.6. The lowest BCUT2D eigenvalue weighted by Crippen LogP contribution is -2.14. The maximum absolute atomic E-state index is 5.12. The fourth-order valence-corrected chi connectivity index (χ4v) is 21.2. The van der Waals surface area contributed by atoms with Crippen molar-refractivity contribution in [1.82, 2.24) is 28.2 Å². The Hall–Kier alpha value is -16.0. The number of hydrogen-bond acceptors (Lipinski definition) is 2. The molecule has 0 saturated heterocycles. The van der Waals surface area contributed by atoms with E-state index in [4.69, 9.17) is 9.97 Å². The van der Waals surface area contributed by atoms with E-state index < -0.39 is 0 Å². The van der Waals surface area contributed by atoms with Gasteiger partial charge in [-0.15, -0.1) is 0 Å². The number of nitrogens with zero attached hydrogens (tertiary/aromatic N) is 6. The molecule has 5 aromatic heterocycles. The molecule has 0 spiro atoms. The molecule has 5 heterocycles. The summed E-state index contributed by atoms with van der Waals surface area (Å²) in [5.74, 6) is 0.710. The van der Waals surface area contributed by atoms with E-state index in [1.807, 2.05) is 36.4 Å². The van der Waals surface area contributed by atoms with Gasteiger partial charge in [0, 0.05) is 82.9 Å². The quantitative estimate of drug-likeness (QED) is 0.135.